The molecule has 2 N–H and O–H groups in total. The number of halogens is 3. The maximum Gasteiger partial charge on any atom is 0.229 e. The van der Waals surface area contributed by atoms with Gasteiger partial charge in [-0.25, -0.2) is 18.2 Å². The third-order valence-electron chi connectivity index (χ3n) is 6.61. The third kappa shape index (κ3) is 6.12. The van der Waals surface area contributed by atoms with Gasteiger partial charge in [0.15, 0.2) is 11.6 Å². The van der Waals surface area contributed by atoms with E-state index in [9.17, 15) is 13.4 Å². The van der Waals surface area contributed by atoms with Crippen LogP contribution < -0.4 is 4.74 Å². The summed E-state index contributed by atoms with van der Waals surface area (Å²) >= 11 is 0. The molecule has 0 radical (unpaired) electrons. The van der Waals surface area contributed by atoms with Crippen molar-refractivity contribution >= 4 is 32.6 Å². The molecule has 220 valence electrons. The first kappa shape index (κ1) is 30.6. The van der Waals surface area contributed by atoms with Gasteiger partial charge in [0.25, 0.3) is 0 Å². The molecule has 3 aromatic carbocycles. The van der Waals surface area contributed by atoms with Crippen LogP contribution in [0.15, 0.2) is 70.3 Å². The number of carbonyl (C=O) groups is 1. The molecule has 0 bridgehead atoms. The maximum absolute atomic E-state index is 15.1. The Morgan fingerprint density at radius 1 is 1.14 bits per heavy atom. The number of aldehydes is 1. The van der Waals surface area contributed by atoms with E-state index in [4.69, 9.17) is 14.3 Å². The Morgan fingerprint density at radius 2 is 1.90 bits per heavy atom. The zero-order valence-corrected chi connectivity index (χ0v) is 23.9. The van der Waals surface area contributed by atoms with E-state index in [0.29, 0.717) is 27.7 Å². The lowest BCUT2D eigenvalue weighted by atomic mass is 9.94. The summed E-state index contributed by atoms with van der Waals surface area (Å²) in [6.07, 6.45) is 5.50. The van der Waals surface area contributed by atoms with Gasteiger partial charge in [-0.05, 0) is 57.2 Å². The number of ether oxygens (including phenoxy) is 1. The van der Waals surface area contributed by atoms with Crippen LogP contribution in [0.2, 0.25) is 0 Å². The van der Waals surface area contributed by atoms with Crippen molar-refractivity contribution in [3.63, 3.8) is 0 Å². The molecule has 11 heteroatoms. The van der Waals surface area contributed by atoms with E-state index >= 15 is 8.78 Å². The number of nitrogens with one attached hydrogen (secondary N) is 1. The summed E-state index contributed by atoms with van der Waals surface area (Å²) in [5.74, 6) is 0.993. The van der Waals surface area contributed by atoms with E-state index in [1.54, 1.807) is 37.4 Å². The monoisotopic (exact) mass is 598 g/mol. The van der Waals surface area contributed by atoms with Crippen LogP contribution in [-0.4, -0.2) is 44.8 Å². The maximum atomic E-state index is 15.1. The molecule has 7 nitrogen and oxygen atoms in total. The molecule has 2 heterocycles. The zero-order valence-electron chi connectivity index (χ0n) is 23.1. The van der Waals surface area contributed by atoms with E-state index in [0.717, 1.165) is 19.5 Å². The highest BCUT2D eigenvalue weighted by Gasteiger charge is 2.23. The number of aromatic amines is 1. The number of benzene rings is 3. The van der Waals surface area contributed by atoms with Crippen molar-refractivity contribution in [3.05, 3.63) is 95.3 Å². The summed E-state index contributed by atoms with van der Waals surface area (Å²) in [5, 5.41) is 7.50. The highest BCUT2D eigenvalue weighted by molar-refractivity contribution is 8.00. The highest BCUT2D eigenvalue weighted by atomic mass is 32.2. The number of rotatable bonds is 9. The fourth-order valence-electron chi connectivity index (χ4n) is 4.61. The smallest absolute Gasteiger partial charge is 0.229 e. The molecule has 0 saturated heterocycles. The summed E-state index contributed by atoms with van der Waals surface area (Å²) in [6, 6.07) is 11.5. The number of fused-ring (bicyclic) bond motifs is 1. The molecule has 2 atom stereocenters. The van der Waals surface area contributed by atoms with Crippen molar-refractivity contribution in [2.24, 2.45) is 0 Å². The molecule has 0 amide bonds. The number of aliphatic hydroxyl groups is 1. The van der Waals surface area contributed by atoms with Gasteiger partial charge in [0.05, 0.1) is 16.2 Å². The van der Waals surface area contributed by atoms with Gasteiger partial charge >= 0.3 is 0 Å². The molecule has 0 aliphatic carbocycles. The normalized spacial score (nSPS) is 13.2. The molecule has 5 rings (SSSR count). The fourth-order valence-corrected chi connectivity index (χ4v) is 5.78. The first-order valence-electron chi connectivity index (χ1n) is 12.8. The van der Waals surface area contributed by atoms with Crippen LogP contribution in [0.3, 0.4) is 0 Å². The van der Waals surface area contributed by atoms with Gasteiger partial charge in [-0.15, -0.1) is 0 Å². The van der Waals surface area contributed by atoms with E-state index in [1.807, 2.05) is 0 Å². The van der Waals surface area contributed by atoms with Crippen molar-refractivity contribution < 1.29 is 36.4 Å². The lowest BCUT2D eigenvalue weighted by molar-refractivity contribution is -0.107. The molecule has 42 heavy (non-hydrogen) atoms. The second-order valence-corrected chi connectivity index (χ2v) is 11.9. The van der Waals surface area contributed by atoms with Crippen molar-refractivity contribution in [3.8, 4) is 23.0 Å². The van der Waals surface area contributed by atoms with Crippen molar-refractivity contribution in [2.45, 2.75) is 30.6 Å². The average Bonchev–Trinajstić information content (AvgIpc) is 3.64. The lowest BCUT2D eigenvalue weighted by Gasteiger charge is -2.15. The van der Waals surface area contributed by atoms with Crippen LogP contribution >= 0.6 is 0 Å². The minimum Gasteiger partial charge on any atom is -0.453 e. The van der Waals surface area contributed by atoms with Crippen LogP contribution in [0.5, 0.6) is 11.5 Å². The predicted octanol–water partition coefficient (Wildman–Crippen LogP) is 6.63. The number of oxazole rings is 1. The van der Waals surface area contributed by atoms with Crippen LogP contribution in [-0.2, 0) is 20.7 Å². The van der Waals surface area contributed by atoms with Crippen molar-refractivity contribution in [2.75, 3.05) is 13.4 Å². The number of hydrogen-bond donors (Lipinski definition) is 2. The van der Waals surface area contributed by atoms with Gasteiger partial charge in [0.2, 0.25) is 5.89 Å². The molecule has 2 unspecified atom stereocenters. The lowest BCUT2D eigenvalue weighted by Crippen LogP contribution is -2.04. The average molecular weight is 599 g/mol. The summed E-state index contributed by atoms with van der Waals surface area (Å²) in [5.41, 5.74) is 1.51. The van der Waals surface area contributed by atoms with Crippen molar-refractivity contribution in [1.82, 2.24) is 9.97 Å². The second-order valence-electron chi connectivity index (χ2n) is 9.53. The van der Waals surface area contributed by atoms with Crippen LogP contribution in [0.25, 0.3) is 22.4 Å². The van der Waals surface area contributed by atoms with Crippen LogP contribution in [0.4, 0.5) is 13.2 Å². The molecular formula is C31H29F3N2O5S. The molecule has 0 aliphatic heterocycles. The van der Waals surface area contributed by atoms with Gasteiger partial charge in [0.1, 0.15) is 29.9 Å². The predicted molar refractivity (Wildman–Crippen MR) is 156 cm³/mol. The molecule has 0 fully saturated rings. The number of nitrogens with zero attached hydrogens (tertiary/aromatic N) is 1. The number of aliphatic hydroxyl groups excluding tert-OH is 1. The largest absolute Gasteiger partial charge is 0.453 e. The van der Waals surface area contributed by atoms with E-state index in [1.165, 1.54) is 30.7 Å². The number of aromatic nitrogens is 2. The Hall–Kier alpha value is -4.35. The number of H-pyrrole nitrogens is 1. The summed E-state index contributed by atoms with van der Waals surface area (Å²) in [6.45, 7) is 1.74. The highest BCUT2D eigenvalue weighted by Crippen LogP contribution is 2.39. The van der Waals surface area contributed by atoms with E-state index in [2.05, 4.69) is 15.8 Å². The molecule has 0 aliphatic rings. The van der Waals surface area contributed by atoms with Gasteiger partial charge < -0.3 is 24.0 Å². The molecule has 5 aromatic rings. The quantitative estimate of drug-likeness (QED) is 0.146. The summed E-state index contributed by atoms with van der Waals surface area (Å²) in [7, 11) is -1.93. The topological polar surface area (TPSA) is 105 Å². The number of hydrogen-bond acceptors (Lipinski definition) is 6. The molecule has 2 aromatic heterocycles. The summed E-state index contributed by atoms with van der Waals surface area (Å²) < 4.78 is 69.5. The second kappa shape index (κ2) is 12.7. The van der Waals surface area contributed by atoms with Gasteiger partial charge in [0, 0.05) is 48.9 Å². The molecular weight excluding hydrogens is 569 g/mol. The zero-order chi connectivity index (χ0) is 30.6. The SMILES string of the molecule is C=S(C)(=O)c1c(Oc2ccc(F)c(-c3nc(C(C)c4cccc(CCC=O)c4F)co3)c2)c(F)cc2[nH]ccc12.CO. The fraction of sp³-hybridized carbons (Fsp3) is 0.194. The first-order chi connectivity index (χ1) is 20.1. The van der Waals surface area contributed by atoms with Gasteiger partial charge in [-0.2, -0.15) is 0 Å². The third-order valence-corrected chi connectivity index (χ3v) is 7.88. The van der Waals surface area contributed by atoms with Crippen molar-refractivity contribution in [1.29, 1.82) is 0 Å². The van der Waals surface area contributed by atoms with E-state index in [-0.39, 0.29) is 40.7 Å². The first-order valence-corrected chi connectivity index (χ1v) is 14.9. The minimum absolute atomic E-state index is 0.0526. The Kier molecular flexibility index (Phi) is 9.23. The Labute approximate surface area is 241 Å². The summed E-state index contributed by atoms with van der Waals surface area (Å²) in [4.78, 5) is 18.1. The van der Waals surface area contributed by atoms with Gasteiger partial charge in [-0.1, -0.05) is 25.1 Å². The Morgan fingerprint density at radius 3 is 2.62 bits per heavy atom. The number of carbonyl (C=O) groups excluding carboxylic acids is 1. The Bertz CT molecular complexity index is 1850. The number of aryl methyl sites for hydroxylation is 1. The van der Waals surface area contributed by atoms with E-state index < -0.39 is 32.9 Å². The molecule has 0 spiro atoms. The van der Waals surface area contributed by atoms with Crippen LogP contribution in [0, 0.1) is 17.5 Å². The Balaban J connectivity index is 0.00000198. The van der Waals surface area contributed by atoms with Gasteiger partial charge in [-0.3, -0.25) is 4.21 Å². The molecule has 0 saturated carbocycles. The minimum atomic E-state index is -2.93. The van der Waals surface area contributed by atoms with Crippen LogP contribution in [0.1, 0.15) is 36.1 Å². The standard InChI is InChI=1S/C30H25F3N2O4S.CH4O/c1-17(20-8-4-6-18(27(20)33)7-5-13-36)26-16-38-30(35-26)22-14-19(9-10-23(22)31)39-28-24(32)15-25-21(11-12-34-25)29(28)40(2,3)37;1-2/h4,6,8-17,34H,2,5,7H2,1,3H3;2H,1H3.